The first kappa shape index (κ1) is 17.1. The minimum atomic E-state index is -3.81. The van der Waals surface area contributed by atoms with Gasteiger partial charge in [0.1, 0.15) is 11.9 Å². The van der Waals surface area contributed by atoms with E-state index in [-0.39, 0.29) is 11.3 Å². The van der Waals surface area contributed by atoms with Crippen LogP contribution in [0, 0.1) is 0 Å². The number of carbonyl (C=O) groups is 1. The minimum Gasteiger partial charge on any atom is -0.368 e. The van der Waals surface area contributed by atoms with Gasteiger partial charge in [0.15, 0.2) is 0 Å². The summed E-state index contributed by atoms with van der Waals surface area (Å²) in [6.45, 7) is 0. The van der Waals surface area contributed by atoms with E-state index >= 15 is 0 Å². The normalized spacial score (nSPS) is 13.0. The molecule has 25 heavy (non-hydrogen) atoms. The van der Waals surface area contributed by atoms with Gasteiger partial charge < -0.3 is 10.7 Å². The highest BCUT2D eigenvalue weighted by molar-refractivity contribution is 7.89. The molecule has 8 heteroatoms. The monoisotopic (exact) mass is 358 g/mol. The third-order valence-electron chi connectivity index (χ3n) is 3.80. The summed E-state index contributed by atoms with van der Waals surface area (Å²) in [7, 11) is -3.81. The fraction of sp³-hybridized carbons (Fsp3) is 0.176. The molecule has 0 unspecified atom stereocenters. The molecule has 0 spiro atoms. The number of benzene rings is 2. The fourth-order valence-corrected chi connectivity index (χ4v) is 3.78. The minimum absolute atomic E-state index is 0.0880. The number of rotatable bonds is 7. The molecule has 0 aliphatic heterocycles. The van der Waals surface area contributed by atoms with E-state index in [0.29, 0.717) is 12.2 Å². The number of H-pyrrole nitrogens is 1. The second-order valence-corrected chi connectivity index (χ2v) is 7.34. The number of primary amides is 1. The van der Waals surface area contributed by atoms with Crippen LogP contribution in [0.4, 0.5) is 0 Å². The lowest BCUT2D eigenvalue weighted by Crippen LogP contribution is -2.44. The lowest BCUT2D eigenvalue weighted by molar-refractivity contribution is -0.119. The zero-order valence-corrected chi connectivity index (χ0v) is 14.2. The summed E-state index contributed by atoms with van der Waals surface area (Å²) in [5.74, 6) is -0.0537. The van der Waals surface area contributed by atoms with Gasteiger partial charge in [-0.05, 0) is 30.7 Å². The Labute approximate surface area is 145 Å². The van der Waals surface area contributed by atoms with E-state index in [0.717, 1.165) is 11.0 Å². The van der Waals surface area contributed by atoms with Crippen molar-refractivity contribution in [3.05, 3.63) is 60.4 Å². The molecule has 0 saturated carbocycles. The third-order valence-corrected chi connectivity index (χ3v) is 5.29. The molecule has 130 valence electrons. The Morgan fingerprint density at radius 3 is 2.48 bits per heavy atom. The lowest BCUT2D eigenvalue weighted by atomic mass is 10.1. The molecule has 1 atom stereocenters. The van der Waals surface area contributed by atoms with Crippen molar-refractivity contribution >= 4 is 27.0 Å². The lowest BCUT2D eigenvalue weighted by Gasteiger charge is -2.15. The summed E-state index contributed by atoms with van der Waals surface area (Å²) in [6.07, 6.45) is 0.598. The number of carbonyl (C=O) groups excluding carboxylic acids is 1. The maximum atomic E-state index is 12.4. The molecule has 1 amide bonds. The van der Waals surface area contributed by atoms with Crippen LogP contribution >= 0.6 is 0 Å². The number of hydrogen-bond donors (Lipinski definition) is 3. The van der Waals surface area contributed by atoms with Crippen LogP contribution in [-0.2, 0) is 21.2 Å². The van der Waals surface area contributed by atoms with Crippen molar-refractivity contribution in [2.45, 2.75) is 23.8 Å². The fourth-order valence-electron chi connectivity index (χ4n) is 2.52. The first-order valence-electron chi connectivity index (χ1n) is 7.76. The predicted molar refractivity (Wildman–Crippen MR) is 94.2 cm³/mol. The van der Waals surface area contributed by atoms with E-state index < -0.39 is 22.0 Å². The van der Waals surface area contributed by atoms with Crippen LogP contribution in [0.25, 0.3) is 11.0 Å². The van der Waals surface area contributed by atoms with Crippen LogP contribution in [-0.4, -0.2) is 30.3 Å². The van der Waals surface area contributed by atoms with Gasteiger partial charge in [-0.25, -0.2) is 13.4 Å². The number of nitrogens with zero attached hydrogens (tertiary/aromatic N) is 1. The van der Waals surface area contributed by atoms with Gasteiger partial charge in [-0.1, -0.05) is 30.3 Å². The molecule has 0 aliphatic rings. The van der Waals surface area contributed by atoms with E-state index in [2.05, 4.69) is 14.7 Å². The Morgan fingerprint density at radius 1 is 1.12 bits per heavy atom. The average Bonchev–Trinajstić information content (AvgIpc) is 3.02. The SMILES string of the molecule is NC(=O)[C@@H](CCc1nc2ccccc2[nH]1)NS(=O)(=O)c1ccccc1. The van der Waals surface area contributed by atoms with Gasteiger partial charge in [0.2, 0.25) is 15.9 Å². The summed E-state index contributed by atoms with van der Waals surface area (Å²) >= 11 is 0. The Hall–Kier alpha value is -2.71. The Balaban J connectivity index is 1.72. The van der Waals surface area contributed by atoms with Crippen LogP contribution in [0.15, 0.2) is 59.5 Å². The number of imidazole rings is 1. The molecule has 1 aromatic heterocycles. The number of para-hydroxylation sites is 2. The molecule has 0 aliphatic carbocycles. The molecule has 3 rings (SSSR count). The second kappa shape index (κ2) is 7.04. The highest BCUT2D eigenvalue weighted by Gasteiger charge is 2.24. The number of hydrogen-bond acceptors (Lipinski definition) is 4. The Morgan fingerprint density at radius 2 is 1.80 bits per heavy atom. The van der Waals surface area contributed by atoms with Crippen molar-refractivity contribution in [2.75, 3.05) is 0 Å². The number of fused-ring (bicyclic) bond motifs is 1. The summed E-state index contributed by atoms with van der Waals surface area (Å²) in [5, 5.41) is 0. The number of amides is 1. The van der Waals surface area contributed by atoms with Crippen molar-refractivity contribution < 1.29 is 13.2 Å². The van der Waals surface area contributed by atoms with Gasteiger partial charge in [-0.3, -0.25) is 4.79 Å². The number of nitrogens with two attached hydrogens (primary N) is 1. The molecule has 0 bridgehead atoms. The molecule has 1 heterocycles. The zero-order valence-electron chi connectivity index (χ0n) is 13.3. The molecule has 4 N–H and O–H groups in total. The van der Waals surface area contributed by atoms with Crippen molar-refractivity contribution in [1.29, 1.82) is 0 Å². The van der Waals surface area contributed by atoms with Crippen LogP contribution in [0.1, 0.15) is 12.2 Å². The van der Waals surface area contributed by atoms with Gasteiger partial charge in [0.05, 0.1) is 15.9 Å². The van der Waals surface area contributed by atoms with Crippen molar-refractivity contribution in [1.82, 2.24) is 14.7 Å². The van der Waals surface area contributed by atoms with E-state index in [1.165, 1.54) is 12.1 Å². The van der Waals surface area contributed by atoms with Crippen molar-refractivity contribution in [3.8, 4) is 0 Å². The van der Waals surface area contributed by atoms with Gasteiger partial charge in [0.25, 0.3) is 0 Å². The largest absolute Gasteiger partial charge is 0.368 e. The molecule has 3 aromatic rings. The summed E-state index contributed by atoms with van der Waals surface area (Å²) in [4.78, 5) is 19.3. The topological polar surface area (TPSA) is 118 Å². The number of sulfonamides is 1. The summed E-state index contributed by atoms with van der Waals surface area (Å²) in [5.41, 5.74) is 7.07. The van der Waals surface area contributed by atoms with Gasteiger partial charge in [-0.2, -0.15) is 4.72 Å². The molecule has 7 nitrogen and oxygen atoms in total. The number of nitrogens with one attached hydrogen (secondary N) is 2. The van der Waals surface area contributed by atoms with E-state index in [9.17, 15) is 13.2 Å². The standard InChI is InChI=1S/C17H18N4O3S/c18-17(22)15(21-25(23,24)12-6-2-1-3-7-12)10-11-16-19-13-8-4-5-9-14(13)20-16/h1-9,15,21H,10-11H2,(H2,18,22)(H,19,20)/t15-/m1/s1. The maximum absolute atomic E-state index is 12.4. The van der Waals surface area contributed by atoms with E-state index in [4.69, 9.17) is 5.73 Å². The summed E-state index contributed by atoms with van der Waals surface area (Å²) in [6, 6.07) is 14.4. The first-order valence-corrected chi connectivity index (χ1v) is 9.24. The van der Waals surface area contributed by atoms with Gasteiger partial charge in [0, 0.05) is 6.42 Å². The summed E-state index contributed by atoms with van der Waals surface area (Å²) < 4.78 is 27.1. The molecular formula is C17H18N4O3S. The van der Waals surface area contributed by atoms with Crippen molar-refractivity contribution in [2.24, 2.45) is 5.73 Å². The zero-order chi connectivity index (χ0) is 17.9. The number of aromatic amines is 1. The quantitative estimate of drug-likeness (QED) is 0.590. The van der Waals surface area contributed by atoms with E-state index in [1.807, 2.05) is 24.3 Å². The maximum Gasteiger partial charge on any atom is 0.241 e. The predicted octanol–water partition coefficient (Wildman–Crippen LogP) is 1.33. The van der Waals surface area contributed by atoms with Crippen LogP contribution < -0.4 is 10.5 Å². The Bertz CT molecular complexity index is 950. The van der Waals surface area contributed by atoms with Gasteiger partial charge >= 0.3 is 0 Å². The van der Waals surface area contributed by atoms with Gasteiger partial charge in [-0.15, -0.1) is 0 Å². The molecule has 0 saturated heterocycles. The average molecular weight is 358 g/mol. The number of aryl methyl sites for hydroxylation is 1. The number of aromatic nitrogens is 2. The van der Waals surface area contributed by atoms with Crippen molar-refractivity contribution in [3.63, 3.8) is 0 Å². The highest BCUT2D eigenvalue weighted by Crippen LogP contribution is 2.13. The molecule has 0 fully saturated rings. The first-order chi connectivity index (χ1) is 12.0. The highest BCUT2D eigenvalue weighted by atomic mass is 32.2. The molecule has 0 radical (unpaired) electrons. The smallest absolute Gasteiger partial charge is 0.241 e. The third kappa shape index (κ3) is 4.04. The second-order valence-electron chi connectivity index (χ2n) is 5.63. The molecular weight excluding hydrogens is 340 g/mol. The van der Waals surface area contributed by atoms with Crippen LogP contribution in [0.3, 0.4) is 0 Å². The Kier molecular flexibility index (Phi) is 4.82. The van der Waals surface area contributed by atoms with Crippen LogP contribution in [0.2, 0.25) is 0 Å². The van der Waals surface area contributed by atoms with Crippen LogP contribution in [0.5, 0.6) is 0 Å². The molecule has 2 aromatic carbocycles. The van der Waals surface area contributed by atoms with E-state index in [1.54, 1.807) is 18.2 Å².